The molecule has 1 amide bonds. The van der Waals surface area contributed by atoms with Crippen LogP contribution in [0.15, 0.2) is 77.7 Å². The number of sulfonamides is 1. The van der Waals surface area contributed by atoms with E-state index in [1.54, 1.807) is 24.3 Å². The van der Waals surface area contributed by atoms with Crippen molar-refractivity contribution in [2.45, 2.75) is 24.7 Å². The number of halogens is 2. The molecule has 1 N–H and O–H groups in total. The highest BCUT2D eigenvalue weighted by atomic mass is 35.5. The molecular formula is C23H22Cl2N2O3S. The summed E-state index contributed by atoms with van der Waals surface area (Å²) in [5.41, 5.74) is 1.85. The van der Waals surface area contributed by atoms with Crippen molar-refractivity contribution in [2.24, 2.45) is 0 Å². The van der Waals surface area contributed by atoms with E-state index in [0.717, 1.165) is 9.87 Å². The molecule has 0 aromatic heterocycles. The monoisotopic (exact) mass is 476 g/mol. The molecule has 3 rings (SSSR count). The van der Waals surface area contributed by atoms with Crippen LogP contribution < -0.4 is 9.62 Å². The summed E-state index contributed by atoms with van der Waals surface area (Å²) in [6.07, 6.45) is 0. The van der Waals surface area contributed by atoms with Gasteiger partial charge in [0, 0.05) is 5.69 Å². The van der Waals surface area contributed by atoms with Gasteiger partial charge in [0.25, 0.3) is 10.0 Å². The van der Waals surface area contributed by atoms with Gasteiger partial charge in [-0.15, -0.1) is 0 Å². The zero-order valence-electron chi connectivity index (χ0n) is 17.0. The molecule has 0 heterocycles. The zero-order valence-corrected chi connectivity index (χ0v) is 19.4. The molecule has 3 aromatic rings. The first-order valence-corrected chi connectivity index (χ1v) is 11.8. The fraction of sp³-hybridized carbons (Fsp3) is 0.174. The molecule has 0 aliphatic carbocycles. The summed E-state index contributed by atoms with van der Waals surface area (Å²) in [5, 5.41) is 3.32. The number of rotatable bonds is 7. The first kappa shape index (κ1) is 23.1. The first-order chi connectivity index (χ1) is 14.7. The van der Waals surface area contributed by atoms with Crippen molar-refractivity contribution in [3.8, 4) is 0 Å². The van der Waals surface area contributed by atoms with Crippen LogP contribution in [0.5, 0.6) is 0 Å². The van der Waals surface area contributed by atoms with Crippen LogP contribution in [0.4, 0.5) is 11.4 Å². The number of benzene rings is 3. The number of hydrogen-bond donors (Lipinski definition) is 1. The molecule has 0 spiro atoms. The minimum absolute atomic E-state index is 0.0662. The SMILES string of the molecule is CC(C)c1ccccc1NC(=O)CN(c1ccc(Cl)c(Cl)c1)S(=O)(=O)c1ccccc1. The molecule has 0 unspecified atom stereocenters. The van der Waals surface area contributed by atoms with Gasteiger partial charge in [-0.2, -0.15) is 0 Å². The summed E-state index contributed by atoms with van der Waals surface area (Å²) in [7, 11) is -4.03. The Kier molecular flexibility index (Phi) is 7.26. The Labute approximate surface area is 192 Å². The van der Waals surface area contributed by atoms with E-state index in [0.29, 0.717) is 5.69 Å². The number of nitrogens with zero attached hydrogens (tertiary/aromatic N) is 1. The normalized spacial score (nSPS) is 11.4. The van der Waals surface area contributed by atoms with Crippen LogP contribution in [0.2, 0.25) is 10.0 Å². The average Bonchev–Trinajstić information content (AvgIpc) is 2.75. The predicted molar refractivity (Wildman–Crippen MR) is 127 cm³/mol. The van der Waals surface area contributed by atoms with Crippen molar-refractivity contribution in [3.63, 3.8) is 0 Å². The molecule has 31 heavy (non-hydrogen) atoms. The molecule has 0 bridgehead atoms. The largest absolute Gasteiger partial charge is 0.324 e. The summed E-state index contributed by atoms with van der Waals surface area (Å²) >= 11 is 12.1. The minimum Gasteiger partial charge on any atom is -0.324 e. The van der Waals surface area contributed by atoms with Crippen LogP contribution >= 0.6 is 23.2 Å². The van der Waals surface area contributed by atoms with E-state index >= 15 is 0 Å². The number of para-hydroxylation sites is 1. The van der Waals surface area contributed by atoms with Crippen LogP contribution in [0.3, 0.4) is 0 Å². The highest BCUT2D eigenvalue weighted by Crippen LogP contribution is 2.31. The summed E-state index contributed by atoms with van der Waals surface area (Å²) in [6.45, 7) is 3.61. The quantitative estimate of drug-likeness (QED) is 0.457. The number of nitrogens with one attached hydrogen (secondary N) is 1. The standard InChI is InChI=1S/C23H22Cl2N2O3S/c1-16(2)19-10-6-7-11-22(19)26-23(28)15-27(17-12-13-20(24)21(25)14-17)31(29,30)18-8-4-3-5-9-18/h3-14,16H,15H2,1-2H3,(H,26,28). The summed E-state index contributed by atoms with van der Waals surface area (Å²) in [4.78, 5) is 13.0. The molecule has 0 radical (unpaired) electrons. The van der Waals surface area contributed by atoms with Crippen LogP contribution in [0, 0.1) is 0 Å². The smallest absolute Gasteiger partial charge is 0.264 e. The van der Waals surface area contributed by atoms with E-state index in [4.69, 9.17) is 23.2 Å². The van der Waals surface area contributed by atoms with Crippen LogP contribution in [-0.2, 0) is 14.8 Å². The number of anilines is 2. The van der Waals surface area contributed by atoms with Crippen molar-refractivity contribution in [2.75, 3.05) is 16.2 Å². The number of amides is 1. The van der Waals surface area contributed by atoms with Gasteiger partial charge in [0.05, 0.1) is 20.6 Å². The molecule has 0 aliphatic heterocycles. The van der Waals surface area contributed by atoms with Gasteiger partial charge in [-0.25, -0.2) is 8.42 Å². The molecule has 162 valence electrons. The lowest BCUT2D eigenvalue weighted by atomic mass is 10.0. The van der Waals surface area contributed by atoms with E-state index in [9.17, 15) is 13.2 Å². The summed E-state index contributed by atoms with van der Waals surface area (Å²) in [6, 6.07) is 19.8. The molecule has 0 saturated heterocycles. The topological polar surface area (TPSA) is 66.5 Å². The third-order valence-corrected chi connectivity index (χ3v) is 7.19. The Morgan fingerprint density at radius 1 is 0.935 bits per heavy atom. The highest BCUT2D eigenvalue weighted by molar-refractivity contribution is 7.92. The lowest BCUT2D eigenvalue weighted by Gasteiger charge is -2.25. The zero-order chi connectivity index (χ0) is 22.6. The average molecular weight is 477 g/mol. The van der Waals surface area contributed by atoms with E-state index in [2.05, 4.69) is 5.32 Å². The maximum Gasteiger partial charge on any atom is 0.264 e. The maximum atomic E-state index is 13.4. The lowest BCUT2D eigenvalue weighted by Crippen LogP contribution is -2.38. The molecule has 0 aliphatic rings. The Morgan fingerprint density at radius 2 is 1.58 bits per heavy atom. The Morgan fingerprint density at radius 3 is 2.23 bits per heavy atom. The number of hydrogen-bond acceptors (Lipinski definition) is 3. The Bertz CT molecular complexity index is 1180. The van der Waals surface area contributed by atoms with E-state index in [1.807, 2.05) is 32.0 Å². The molecule has 3 aromatic carbocycles. The Balaban J connectivity index is 1.97. The lowest BCUT2D eigenvalue weighted by molar-refractivity contribution is -0.114. The molecule has 0 atom stereocenters. The van der Waals surface area contributed by atoms with Crippen molar-refractivity contribution < 1.29 is 13.2 Å². The van der Waals surface area contributed by atoms with Crippen molar-refractivity contribution in [1.82, 2.24) is 0 Å². The molecule has 5 nitrogen and oxygen atoms in total. The van der Waals surface area contributed by atoms with Gasteiger partial charge in [0.15, 0.2) is 0 Å². The van der Waals surface area contributed by atoms with Crippen molar-refractivity contribution in [3.05, 3.63) is 88.4 Å². The summed E-state index contributed by atoms with van der Waals surface area (Å²) in [5.74, 6) is -0.283. The number of carbonyl (C=O) groups excluding carboxylic acids is 1. The number of carbonyl (C=O) groups is 1. The van der Waals surface area contributed by atoms with Gasteiger partial charge in [-0.05, 0) is 47.9 Å². The van der Waals surface area contributed by atoms with Gasteiger partial charge in [-0.1, -0.05) is 73.4 Å². The van der Waals surface area contributed by atoms with Crippen LogP contribution in [0.25, 0.3) is 0 Å². The van der Waals surface area contributed by atoms with Crippen LogP contribution in [0.1, 0.15) is 25.3 Å². The van der Waals surface area contributed by atoms with Crippen molar-refractivity contribution in [1.29, 1.82) is 0 Å². The van der Waals surface area contributed by atoms with E-state index in [-0.39, 0.29) is 26.5 Å². The Hall–Kier alpha value is -2.54. The van der Waals surface area contributed by atoms with Crippen LogP contribution in [-0.4, -0.2) is 20.9 Å². The van der Waals surface area contributed by atoms with Gasteiger partial charge in [-0.3, -0.25) is 9.10 Å². The third-order valence-electron chi connectivity index (χ3n) is 4.67. The second-order valence-electron chi connectivity index (χ2n) is 7.21. The van der Waals surface area contributed by atoms with Gasteiger partial charge < -0.3 is 5.32 Å². The maximum absolute atomic E-state index is 13.4. The predicted octanol–water partition coefficient (Wildman–Crippen LogP) is 5.95. The van der Waals surface area contributed by atoms with Gasteiger partial charge >= 0.3 is 0 Å². The van der Waals surface area contributed by atoms with Gasteiger partial charge in [0.2, 0.25) is 5.91 Å². The third kappa shape index (κ3) is 5.39. The first-order valence-electron chi connectivity index (χ1n) is 9.61. The second-order valence-corrected chi connectivity index (χ2v) is 9.89. The van der Waals surface area contributed by atoms with Gasteiger partial charge in [0.1, 0.15) is 6.54 Å². The summed E-state index contributed by atoms with van der Waals surface area (Å²) < 4.78 is 27.7. The molecule has 0 saturated carbocycles. The molecule has 0 fully saturated rings. The molecule has 8 heteroatoms. The van der Waals surface area contributed by atoms with E-state index < -0.39 is 22.5 Å². The minimum atomic E-state index is -4.03. The molecular weight excluding hydrogens is 455 g/mol. The van der Waals surface area contributed by atoms with E-state index in [1.165, 1.54) is 30.3 Å². The fourth-order valence-corrected chi connectivity index (χ4v) is 4.84. The van der Waals surface area contributed by atoms with Crippen molar-refractivity contribution >= 4 is 50.5 Å². The second kappa shape index (κ2) is 9.73. The fourth-order valence-electron chi connectivity index (χ4n) is 3.11. The highest BCUT2D eigenvalue weighted by Gasteiger charge is 2.28.